The summed E-state index contributed by atoms with van der Waals surface area (Å²) in [7, 11) is 0. The van der Waals surface area contributed by atoms with E-state index in [0.29, 0.717) is 18.7 Å². The SMILES string of the molecule is CC(N)C1CCN(c2nc3c(cc2F)c(=O)c(OC(=O)O)cn3C2CC2)C1. The summed E-state index contributed by atoms with van der Waals surface area (Å²) in [6, 6.07) is 1.25. The molecule has 0 bridgehead atoms. The molecule has 1 aliphatic heterocycles. The highest BCUT2D eigenvalue weighted by Gasteiger charge is 2.31. The number of fused-ring (bicyclic) bond motifs is 1. The van der Waals surface area contributed by atoms with E-state index in [0.717, 1.165) is 25.3 Å². The molecule has 1 saturated heterocycles. The maximum Gasteiger partial charge on any atom is 0.511 e. The molecule has 2 atom stereocenters. The number of ether oxygens (including phenoxy) is 1. The Balaban J connectivity index is 1.83. The lowest BCUT2D eigenvalue weighted by molar-refractivity contribution is 0.143. The van der Waals surface area contributed by atoms with Gasteiger partial charge in [-0.3, -0.25) is 4.79 Å². The Bertz CT molecular complexity index is 970. The van der Waals surface area contributed by atoms with Crippen molar-refractivity contribution in [1.82, 2.24) is 9.55 Å². The highest BCUT2D eigenvalue weighted by Crippen LogP contribution is 2.38. The van der Waals surface area contributed by atoms with Crippen molar-refractivity contribution in [3.63, 3.8) is 0 Å². The number of carbonyl (C=O) groups is 1. The summed E-state index contributed by atoms with van der Waals surface area (Å²) in [5, 5.41) is 8.86. The van der Waals surface area contributed by atoms with E-state index in [-0.39, 0.29) is 35.0 Å². The fourth-order valence-electron chi connectivity index (χ4n) is 3.64. The van der Waals surface area contributed by atoms with Crippen molar-refractivity contribution >= 4 is 23.0 Å². The maximum absolute atomic E-state index is 14.8. The molecule has 2 unspecified atom stereocenters. The van der Waals surface area contributed by atoms with Gasteiger partial charge in [-0.15, -0.1) is 0 Å². The summed E-state index contributed by atoms with van der Waals surface area (Å²) in [5.41, 5.74) is 5.63. The van der Waals surface area contributed by atoms with Gasteiger partial charge >= 0.3 is 6.16 Å². The number of aromatic nitrogens is 2. The second kappa shape index (κ2) is 6.49. The lowest BCUT2D eigenvalue weighted by atomic mass is 10.0. The van der Waals surface area contributed by atoms with Crippen LogP contribution in [-0.2, 0) is 0 Å². The van der Waals surface area contributed by atoms with Gasteiger partial charge in [0.15, 0.2) is 17.4 Å². The van der Waals surface area contributed by atoms with Crippen LogP contribution in [0.3, 0.4) is 0 Å². The van der Waals surface area contributed by atoms with Crippen molar-refractivity contribution in [3.8, 4) is 5.75 Å². The first kappa shape index (κ1) is 17.7. The third kappa shape index (κ3) is 3.23. The zero-order valence-electron chi connectivity index (χ0n) is 14.9. The van der Waals surface area contributed by atoms with Gasteiger partial charge in [-0.25, -0.2) is 14.2 Å². The van der Waals surface area contributed by atoms with Crippen LogP contribution < -0.4 is 20.8 Å². The molecular formula is C18H21FN4O4. The molecule has 0 amide bonds. The molecule has 144 valence electrons. The largest absolute Gasteiger partial charge is 0.511 e. The first-order valence-corrected chi connectivity index (χ1v) is 9.02. The molecule has 8 nitrogen and oxygen atoms in total. The van der Waals surface area contributed by atoms with Gasteiger partial charge in [0.05, 0.1) is 11.6 Å². The number of hydrogen-bond acceptors (Lipinski definition) is 6. The Hall–Kier alpha value is -2.68. The normalized spacial score (nSPS) is 20.9. The van der Waals surface area contributed by atoms with Crippen molar-refractivity contribution in [2.45, 2.75) is 38.3 Å². The van der Waals surface area contributed by atoms with Crippen molar-refractivity contribution in [1.29, 1.82) is 0 Å². The van der Waals surface area contributed by atoms with Gasteiger partial charge in [0.25, 0.3) is 0 Å². The second-order valence-corrected chi connectivity index (χ2v) is 7.35. The molecule has 1 aliphatic carbocycles. The van der Waals surface area contributed by atoms with Crippen LogP contribution in [0, 0.1) is 11.7 Å². The van der Waals surface area contributed by atoms with Gasteiger partial charge in [0, 0.05) is 25.2 Å². The molecule has 27 heavy (non-hydrogen) atoms. The van der Waals surface area contributed by atoms with Crippen LogP contribution in [0.15, 0.2) is 17.1 Å². The third-order valence-electron chi connectivity index (χ3n) is 5.31. The molecule has 4 rings (SSSR count). The highest BCUT2D eigenvalue weighted by molar-refractivity contribution is 5.80. The van der Waals surface area contributed by atoms with E-state index in [1.807, 2.05) is 11.8 Å². The Morgan fingerprint density at radius 3 is 2.78 bits per heavy atom. The van der Waals surface area contributed by atoms with E-state index >= 15 is 0 Å². The molecule has 0 radical (unpaired) electrons. The molecule has 2 aromatic heterocycles. The zero-order chi connectivity index (χ0) is 19.3. The van der Waals surface area contributed by atoms with E-state index in [1.54, 1.807) is 4.57 Å². The van der Waals surface area contributed by atoms with Crippen molar-refractivity contribution in [2.75, 3.05) is 18.0 Å². The molecule has 1 saturated carbocycles. The summed E-state index contributed by atoms with van der Waals surface area (Å²) < 4.78 is 21.1. The molecule has 2 aromatic rings. The third-order valence-corrected chi connectivity index (χ3v) is 5.31. The Morgan fingerprint density at radius 2 is 2.19 bits per heavy atom. The molecular weight excluding hydrogens is 355 g/mol. The van der Waals surface area contributed by atoms with Crippen molar-refractivity contribution < 1.29 is 19.0 Å². The van der Waals surface area contributed by atoms with Crippen LogP contribution >= 0.6 is 0 Å². The number of halogens is 1. The minimum Gasteiger partial charge on any atom is -0.449 e. The predicted octanol–water partition coefficient (Wildman–Crippen LogP) is 2.10. The fraction of sp³-hybridized carbons (Fsp3) is 0.500. The van der Waals surface area contributed by atoms with Crippen LogP contribution in [0.4, 0.5) is 15.0 Å². The minimum atomic E-state index is -1.59. The topological polar surface area (TPSA) is 111 Å². The van der Waals surface area contributed by atoms with Gasteiger partial charge in [0.1, 0.15) is 5.65 Å². The van der Waals surface area contributed by atoms with Gasteiger partial charge in [-0.1, -0.05) is 0 Å². The van der Waals surface area contributed by atoms with E-state index in [4.69, 9.17) is 10.8 Å². The first-order chi connectivity index (χ1) is 12.8. The van der Waals surface area contributed by atoms with Gasteiger partial charge < -0.3 is 25.0 Å². The van der Waals surface area contributed by atoms with E-state index < -0.39 is 17.4 Å². The van der Waals surface area contributed by atoms with Gasteiger partial charge in [0.2, 0.25) is 5.43 Å². The Labute approximate surface area is 154 Å². The summed E-state index contributed by atoms with van der Waals surface area (Å²) in [4.78, 5) is 29.7. The average molecular weight is 376 g/mol. The summed E-state index contributed by atoms with van der Waals surface area (Å²) in [6.45, 7) is 3.20. The number of hydrogen-bond donors (Lipinski definition) is 2. The minimum absolute atomic E-state index is 0.0129. The predicted molar refractivity (Wildman–Crippen MR) is 96.9 cm³/mol. The van der Waals surface area contributed by atoms with Crippen LogP contribution in [0.25, 0.3) is 11.0 Å². The molecule has 3 N–H and O–H groups in total. The molecule has 3 heterocycles. The number of carboxylic acid groups (broad SMARTS) is 1. The van der Waals surface area contributed by atoms with E-state index in [2.05, 4.69) is 9.72 Å². The van der Waals surface area contributed by atoms with Crippen LogP contribution in [0.5, 0.6) is 5.75 Å². The number of pyridine rings is 2. The molecule has 0 spiro atoms. The zero-order valence-corrected chi connectivity index (χ0v) is 14.9. The van der Waals surface area contributed by atoms with Gasteiger partial charge in [-0.2, -0.15) is 0 Å². The lowest BCUT2D eigenvalue weighted by Crippen LogP contribution is -2.30. The lowest BCUT2D eigenvalue weighted by Gasteiger charge is -2.21. The molecule has 2 fully saturated rings. The summed E-state index contributed by atoms with van der Waals surface area (Å²) in [6.07, 6.45) is 2.40. The molecule has 9 heteroatoms. The fourth-order valence-corrected chi connectivity index (χ4v) is 3.64. The molecule has 0 aromatic carbocycles. The number of anilines is 1. The quantitative estimate of drug-likeness (QED) is 0.786. The average Bonchev–Trinajstić information content (AvgIpc) is 3.32. The van der Waals surface area contributed by atoms with Crippen LogP contribution in [0.1, 0.15) is 32.2 Å². The Kier molecular flexibility index (Phi) is 4.26. The summed E-state index contributed by atoms with van der Waals surface area (Å²) >= 11 is 0. The first-order valence-electron chi connectivity index (χ1n) is 9.02. The van der Waals surface area contributed by atoms with Crippen molar-refractivity contribution in [2.24, 2.45) is 11.7 Å². The highest BCUT2D eigenvalue weighted by atomic mass is 19.1. The second-order valence-electron chi connectivity index (χ2n) is 7.35. The number of rotatable bonds is 4. The van der Waals surface area contributed by atoms with Crippen molar-refractivity contribution in [3.05, 3.63) is 28.3 Å². The number of nitrogens with two attached hydrogens (primary N) is 1. The van der Waals surface area contributed by atoms with E-state index in [1.165, 1.54) is 6.20 Å². The van der Waals surface area contributed by atoms with Crippen LogP contribution in [0.2, 0.25) is 0 Å². The van der Waals surface area contributed by atoms with Crippen LogP contribution in [-0.4, -0.2) is 39.9 Å². The maximum atomic E-state index is 14.8. The Morgan fingerprint density at radius 1 is 1.44 bits per heavy atom. The van der Waals surface area contributed by atoms with Gasteiger partial charge in [-0.05, 0) is 38.2 Å². The standard InChI is InChI=1S/C18H21FN4O4/c1-9(20)10-4-5-22(7-10)17-13(19)6-12-15(24)14(27-18(25)26)8-23(11-2-3-11)16(12)21-17/h6,8-11H,2-5,7,20H2,1H3,(H,25,26). The number of nitrogens with zero attached hydrogens (tertiary/aromatic N) is 3. The monoisotopic (exact) mass is 376 g/mol. The smallest absolute Gasteiger partial charge is 0.449 e. The summed E-state index contributed by atoms with van der Waals surface area (Å²) in [5.74, 6) is -0.487. The molecule has 2 aliphatic rings. The van der Waals surface area contributed by atoms with E-state index in [9.17, 15) is 14.0 Å².